The minimum Gasteiger partial charge on any atom is -0.456 e. The number of hydrogen-bond acceptors (Lipinski definition) is 3. The summed E-state index contributed by atoms with van der Waals surface area (Å²) in [5, 5.41) is 2.49. The van der Waals surface area contributed by atoms with Crippen LogP contribution in [0.3, 0.4) is 0 Å². The van der Waals surface area contributed by atoms with Crippen LogP contribution in [0.25, 0.3) is 21.9 Å². The van der Waals surface area contributed by atoms with Crippen LogP contribution < -0.4 is 26.2 Å². The highest BCUT2D eigenvalue weighted by molar-refractivity contribution is 7.01. The number of rotatable bonds is 2. The summed E-state index contributed by atoms with van der Waals surface area (Å²) in [4.78, 5) is 5.05. The minimum absolute atomic E-state index is 0.00597. The molecule has 1 aliphatic carbocycles. The second-order valence-corrected chi connectivity index (χ2v) is 19.3. The number of furan rings is 1. The molecule has 274 valence electrons. The number of fused-ring (bicyclic) bond motifs is 10. The molecule has 3 aliphatic rings. The Bertz CT molecular complexity index is 2670. The van der Waals surface area contributed by atoms with Gasteiger partial charge >= 0.3 is 0 Å². The maximum atomic E-state index is 6.95. The molecule has 0 radical (unpaired) electrons. The van der Waals surface area contributed by atoms with Crippen molar-refractivity contribution in [3.63, 3.8) is 0 Å². The van der Waals surface area contributed by atoms with E-state index < -0.39 is 0 Å². The molecule has 0 N–H and O–H groups in total. The quantitative estimate of drug-likeness (QED) is 0.166. The third-order valence-corrected chi connectivity index (χ3v) is 12.7. The lowest BCUT2D eigenvalue weighted by Crippen LogP contribution is -2.61. The van der Waals surface area contributed by atoms with Crippen molar-refractivity contribution in [3.05, 3.63) is 137 Å². The van der Waals surface area contributed by atoms with Crippen LogP contribution in [-0.4, -0.2) is 6.71 Å². The summed E-state index contributed by atoms with van der Waals surface area (Å²) in [6.07, 6.45) is 3.41. The zero-order valence-electron chi connectivity index (χ0n) is 33.9. The van der Waals surface area contributed by atoms with Crippen LogP contribution in [0, 0.1) is 0 Å². The molecular formula is C51H51BN2O. The summed E-state index contributed by atoms with van der Waals surface area (Å²) in [5.41, 5.74) is 20.4. The molecule has 55 heavy (non-hydrogen) atoms. The van der Waals surface area contributed by atoms with Gasteiger partial charge in [-0.25, -0.2) is 0 Å². The van der Waals surface area contributed by atoms with Gasteiger partial charge in [-0.2, -0.15) is 0 Å². The lowest BCUT2D eigenvalue weighted by molar-refractivity contribution is 0.590. The van der Waals surface area contributed by atoms with Crippen molar-refractivity contribution in [2.75, 3.05) is 9.80 Å². The molecule has 3 nitrogen and oxygen atoms in total. The van der Waals surface area contributed by atoms with Gasteiger partial charge in [-0.1, -0.05) is 117 Å². The fourth-order valence-corrected chi connectivity index (χ4v) is 9.67. The van der Waals surface area contributed by atoms with E-state index in [4.69, 9.17) is 4.42 Å². The molecule has 0 atom stereocenters. The fourth-order valence-electron chi connectivity index (χ4n) is 9.67. The Morgan fingerprint density at radius 2 is 1.07 bits per heavy atom. The van der Waals surface area contributed by atoms with E-state index in [-0.39, 0.29) is 23.0 Å². The molecule has 2 aliphatic heterocycles. The second-order valence-electron chi connectivity index (χ2n) is 19.3. The number of benzene rings is 6. The van der Waals surface area contributed by atoms with E-state index in [0.717, 1.165) is 24.0 Å². The average molecular weight is 719 g/mol. The van der Waals surface area contributed by atoms with Crippen molar-refractivity contribution >= 4 is 79.2 Å². The van der Waals surface area contributed by atoms with E-state index >= 15 is 0 Å². The van der Waals surface area contributed by atoms with Gasteiger partial charge in [0.05, 0.1) is 0 Å². The molecule has 0 saturated carbocycles. The van der Waals surface area contributed by atoms with Gasteiger partial charge in [-0.3, -0.25) is 0 Å². The van der Waals surface area contributed by atoms with Crippen molar-refractivity contribution in [1.82, 2.24) is 0 Å². The lowest BCUT2D eigenvalue weighted by Gasteiger charge is -2.44. The molecular weight excluding hydrogens is 667 g/mol. The average Bonchev–Trinajstić information content (AvgIpc) is 3.79. The SMILES string of the molecule is CC(C)(C)c1ccc(N2c3ccc(C(C)(C)C)cc3B3c4c2cccc4N(c2ccc(C(C)(C)C)cc2)c2ccc4oc5c6c(ccc5c4c23)CCC6)cc1. The van der Waals surface area contributed by atoms with Crippen LogP contribution >= 0.6 is 0 Å². The Labute approximate surface area is 327 Å². The summed E-state index contributed by atoms with van der Waals surface area (Å²) in [5.74, 6) is 0. The molecule has 0 fully saturated rings. The van der Waals surface area contributed by atoms with Gasteiger partial charge in [0.1, 0.15) is 11.2 Å². The zero-order valence-corrected chi connectivity index (χ0v) is 33.9. The molecule has 3 heterocycles. The third-order valence-electron chi connectivity index (χ3n) is 12.7. The molecule has 6 aromatic carbocycles. The zero-order chi connectivity index (χ0) is 38.2. The number of hydrogen-bond donors (Lipinski definition) is 0. The molecule has 0 unspecified atom stereocenters. The highest BCUT2D eigenvalue weighted by Crippen LogP contribution is 2.47. The summed E-state index contributed by atoms with van der Waals surface area (Å²) in [6, 6.07) is 42.1. The molecule has 10 rings (SSSR count). The highest BCUT2D eigenvalue weighted by Gasteiger charge is 2.45. The predicted octanol–water partition coefficient (Wildman–Crippen LogP) is 12.0. The van der Waals surface area contributed by atoms with Crippen LogP contribution in [0.5, 0.6) is 0 Å². The van der Waals surface area contributed by atoms with E-state index in [1.165, 1.54) is 95.5 Å². The number of aryl methyl sites for hydroxylation is 2. The van der Waals surface area contributed by atoms with Gasteiger partial charge in [-0.15, -0.1) is 0 Å². The summed E-state index contributed by atoms with van der Waals surface area (Å²) >= 11 is 0. The molecule has 4 heteroatoms. The van der Waals surface area contributed by atoms with Crippen molar-refractivity contribution in [1.29, 1.82) is 0 Å². The van der Waals surface area contributed by atoms with E-state index in [0.29, 0.717) is 0 Å². The van der Waals surface area contributed by atoms with Crippen molar-refractivity contribution in [3.8, 4) is 0 Å². The Balaban J connectivity index is 1.31. The molecule has 0 saturated heterocycles. The first-order valence-corrected chi connectivity index (χ1v) is 20.3. The Morgan fingerprint density at radius 3 is 1.67 bits per heavy atom. The first kappa shape index (κ1) is 34.3. The molecule has 0 bridgehead atoms. The number of nitrogens with zero attached hydrogens (tertiary/aromatic N) is 2. The first-order chi connectivity index (χ1) is 26.2. The molecule has 0 amide bonds. The van der Waals surface area contributed by atoms with Gasteiger partial charge in [0.15, 0.2) is 0 Å². The van der Waals surface area contributed by atoms with Crippen LogP contribution in [0.2, 0.25) is 0 Å². The van der Waals surface area contributed by atoms with E-state index in [2.05, 4.69) is 181 Å². The van der Waals surface area contributed by atoms with Gasteiger partial charge in [0, 0.05) is 44.9 Å². The smallest absolute Gasteiger partial charge is 0.253 e. The summed E-state index contributed by atoms with van der Waals surface area (Å²) in [7, 11) is 0. The Morgan fingerprint density at radius 1 is 0.527 bits per heavy atom. The predicted molar refractivity (Wildman–Crippen MR) is 236 cm³/mol. The topological polar surface area (TPSA) is 19.6 Å². The highest BCUT2D eigenvalue weighted by atomic mass is 16.3. The Hall–Kier alpha value is -5.22. The molecule has 7 aromatic rings. The van der Waals surface area contributed by atoms with E-state index in [1.807, 2.05) is 0 Å². The fraction of sp³-hybridized carbons (Fsp3) is 0.294. The van der Waals surface area contributed by atoms with Gasteiger partial charge in [0.2, 0.25) is 0 Å². The van der Waals surface area contributed by atoms with E-state index in [1.54, 1.807) is 0 Å². The molecule has 1 aromatic heterocycles. The summed E-state index contributed by atoms with van der Waals surface area (Å²) in [6.45, 7) is 20.8. The van der Waals surface area contributed by atoms with Crippen LogP contribution in [0.4, 0.5) is 34.1 Å². The Kier molecular flexibility index (Phi) is 7.26. The lowest BCUT2D eigenvalue weighted by atomic mass is 9.32. The first-order valence-electron chi connectivity index (χ1n) is 20.3. The minimum atomic E-state index is -0.0127. The monoisotopic (exact) mass is 718 g/mol. The van der Waals surface area contributed by atoms with Gasteiger partial charge < -0.3 is 14.2 Å². The normalized spacial score (nSPS) is 15.0. The largest absolute Gasteiger partial charge is 0.456 e. The third kappa shape index (κ3) is 5.17. The molecule has 0 spiro atoms. The van der Waals surface area contributed by atoms with Crippen LogP contribution in [0.1, 0.15) is 96.6 Å². The van der Waals surface area contributed by atoms with Gasteiger partial charge in [0.25, 0.3) is 6.71 Å². The maximum absolute atomic E-state index is 6.95. The standard InChI is InChI=1S/C51H51BN2O/c1-49(2,3)32-17-22-35(23-18-32)53-40-27-21-34(51(7,8)9)30-39(40)52-46-41(53)14-11-15-42(46)54(36-24-19-33(20-25-36)50(4,5)6)43-28-29-44-45(47(43)52)38-26-16-31-12-10-13-37(31)48(38)55-44/h11,14-30H,10,12-13H2,1-9H3. The second kappa shape index (κ2) is 11.6. The van der Waals surface area contributed by atoms with Crippen molar-refractivity contribution in [2.45, 2.75) is 97.8 Å². The number of anilines is 6. The van der Waals surface area contributed by atoms with Crippen LogP contribution in [-0.2, 0) is 29.1 Å². The van der Waals surface area contributed by atoms with Crippen molar-refractivity contribution in [2.24, 2.45) is 0 Å². The maximum Gasteiger partial charge on any atom is 0.253 e. The van der Waals surface area contributed by atoms with E-state index in [9.17, 15) is 0 Å². The van der Waals surface area contributed by atoms with Gasteiger partial charge in [-0.05, 0) is 134 Å². The summed E-state index contributed by atoms with van der Waals surface area (Å²) < 4.78 is 6.95. The van der Waals surface area contributed by atoms with Crippen molar-refractivity contribution < 1.29 is 4.42 Å². The van der Waals surface area contributed by atoms with Crippen LogP contribution in [0.15, 0.2) is 114 Å².